The third-order valence-electron chi connectivity index (χ3n) is 3.35. The Labute approximate surface area is 125 Å². The molecule has 1 aromatic carbocycles. The van der Waals surface area contributed by atoms with Crippen LogP contribution >= 0.6 is 15.9 Å². The van der Waals surface area contributed by atoms with Crippen LogP contribution in [-0.4, -0.2) is 27.7 Å². The van der Waals surface area contributed by atoms with Gasteiger partial charge in [0.15, 0.2) is 5.82 Å². The van der Waals surface area contributed by atoms with Gasteiger partial charge in [-0.15, -0.1) is 0 Å². The smallest absolute Gasteiger partial charge is 0.243 e. The highest BCUT2D eigenvalue weighted by Gasteiger charge is 2.30. The first kappa shape index (κ1) is 15.7. The maximum Gasteiger partial charge on any atom is 0.243 e. The quantitative estimate of drug-likeness (QED) is 0.798. The Morgan fingerprint density at radius 3 is 2.75 bits per heavy atom. The average Bonchev–Trinajstić information content (AvgIpc) is 2.80. The van der Waals surface area contributed by atoms with Crippen molar-refractivity contribution >= 4 is 31.6 Å². The monoisotopic (exact) mass is 366 g/mol. The van der Waals surface area contributed by atoms with Crippen LogP contribution in [0.2, 0.25) is 0 Å². The summed E-state index contributed by atoms with van der Waals surface area (Å²) in [5.74, 6) is -0.840. The number of ether oxygens (including phenoxy) is 1. The maximum atomic E-state index is 13.9. The molecule has 5 nitrogen and oxygen atoms in total. The second-order valence-electron chi connectivity index (χ2n) is 4.80. The summed E-state index contributed by atoms with van der Waals surface area (Å²) in [5, 5.41) is 0. The summed E-state index contributed by atoms with van der Waals surface area (Å²) < 4.78 is 46.1. The van der Waals surface area contributed by atoms with Gasteiger partial charge >= 0.3 is 0 Å². The molecule has 2 atom stereocenters. The minimum atomic E-state index is -3.94. The number of sulfonamides is 1. The van der Waals surface area contributed by atoms with Gasteiger partial charge < -0.3 is 10.5 Å². The van der Waals surface area contributed by atoms with Crippen LogP contribution in [-0.2, 0) is 14.8 Å². The lowest BCUT2D eigenvalue weighted by atomic mass is 10.3. The van der Waals surface area contributed by atoms with Crippen molar-refractivity contribution in [2.75, 3.05) is 12.8 Å². The van der Waals surface area contributed by atoms with Gasteiger partial charge in [0, 0.05) is 18.8 Å². The van der Waals surface area contributed by atoms with Crippen LogP contribution in [0.1, 0.15) is 19.3 Å². The van der Waals surface area contributed by atoms with Crippen LogP contribution in [0, 0.1) is 5.82 Å². The number of rotatable bonds is 4. The highest BCUT2D eigenvalue weighted by Crippen LogP contribution is 2.28. The molecule has 0 heterocycles. The van der Waals surface area contributed by atoms with Crippen LogP contribution in [0.5, 0.6) is 0 Å². The van der Waals surface area contributed by atoms with Gasteiger partial charge in [-0.3, -0.25) is 0 Å². The number of hydrogen-bond acceptors (Lipinski definition) is 4. The second-order valence-corrected chi connectivity index (χ2v) is 7.34. The molecule has 0 aromatic heterocycles. The standard InChI is InChI=1S/C12H16BrFN2O3S/c1-19-9-3-2-8(6-9)16-20(17,18)11-5-7(15)4-10(13)12(11)14/h4-5,8-9,16H,2-3,6,15H2,1H3. The molecule has 8 heteroatoms. The number of anilines is 1. The van der Waals surface area contributed by atoms with Gasteiger partial charge in [0.2, 0.25) is 10.0 Å². The van der Waals surface area contributed by atoms with E-state index in [1.54, 1.807) is 7.11 Å². The largest absolute Gasteiger partial charge is 0.399 e. The van der Waals surface area contributed by atoms with E-state index in [0.717, 1.165) is 12.5 Å². The van der Waals surface area contributed by atoms with Crippen LogP contribution in [0.3, 0.4) is 0 Å². The molecule has 1 saturated carbocycles. The van der Waals surface area contributed by atoms with Gasteiger partial charge in [-0.25, -0.2) is 17.5 Å². The summed E-state index contributed by atoms with van der Waals surface area (Å²) in [6, 6.07) is 2.19. The van der Waals surface area contributed by atoms with E-state index in [-0.39, 0.29) is 22.3 Å². The third-order valence-corrected chi connectivity index (χ3v) is 5.44. The van der Waals surface area contributed by atoms with Gasteiger partial charge in [0.05, 0.1) is 10.6 Å². The average molecular weight is 367 g/mol. The number of halogens is 2. The van der Waals surface area contributed by atoms with Crippen molar-refractivity contribution in [3.05, 3.63) is 22.4 Å². The highest BCUT2D eigenvalue weighted by atomic mass is 79.9. The highest BCUT2D eigenvalue weighted by molar-refractivity contribution is 9.10. The van der Waals surface area contributed by atoms with E-state index in [2.05, 4.69) is 20.7 Å². The van der Waals surface area contributed by atoms with Crippen molar-refractivity contribution in [2.24, 2.45) is 0 Å². The SMILES string of the molecule is COC1CCC(NS(=O)(=O)c2cc(N)cc(Br)c2F)C1. The molecular formula is C12H16BrFN2O3S. The molecule has 2 rings (SSSR count). The topological polar surface area (TPSA) is 81.4 Å². The fourth-order valence-corrected chi connectivity index (χ4v) is 4.35. The van der Waals surface area contributed by atoms with Crippen LogP contribution < -0.4 is 10.5 Å². The number of nitrogens with one attached hydrogen (secondary N) is 1. The molecule has 0 amide bonds. The summed E-state index contributed by atoms with van der Waals surface area (Å²) in [7, 11) is -2.35. The summed E-state index contributed by atoms with van der Waals surface area (Å²) in [4.78, 5) is -0.440. The molecule has 1 aromatic rings. The van der Waals surface area contributed by atoms with Crippen molar-refractivity contribution in [3.8, 4) is 0 Å². The molecule has 2 unspecified atom stereocenters. The van der Waals surface area contributed by atoms with Crippen molar-refractivity contribution in [2.45, 2.75) is 36.3 Å². The number of hydrogen-bond donors (Lipinski definition) is 2. The van der Waals surface area contributed by atoms with E-state index in [4.69, 9.17) is 10.5 Å². The Morgan fingerprint density at radius 2 is 2.15 bits per heavy atom. The Bertz CT molecular complexity index is 609. The lowest BCUT2D eigenvalue weighted by Crippen LogP contribution is -2.34. The molecule has 0 radical (unpaired) electrons. The van der Waals surface area contributed by atoms with Crippen LogP contribution in [0.15, 0.2) is 21.5 Å². The molecule has 112 valence electrons. The molecule has 0 saturated heterocycles. The van der Waals surface area contributed by atoms with E-state index in [0.29, 0.717) is 12.8 Å². The van der Waals surface area contributed by atoms with Crippen LogP contribution in [0.4, 0.5) is 10.1 Å². The Balaban J connectivity index is 2.23. The first-order chi connectivity index (χ1) is 9.33. The summed E-state index contributed by atoms with van der Waals surface area (Å²) >= 11 is 2.96. The van der Waals surface area contributed by atoms with Crippen LogP contribution in [0.25, 0.3) is 0 Å². The van der Waals surface area contributed by atoms with Gasteiger partial charge in [-0.2, -0.15) is 0 Å². The summed E-state index contributed by atoms with van der Waals surface area (Å²) in [6.45, 7) is 0. The zero-order chi connectivity index (χ0) is 14.9. The summed E-state index contributed by atoms with van der Waals surface area (Å²) in [6.07, 6.45) is 2.08. The van der Waals surface area contributed by atoms with Gasteiger partial charge in [-0.05, 0) is 47.3 Å². The third kappa shape index (κ3) is 3.30. The zero-order valence-corrected chi connectivity index (χ0v) is 13.3. The number of methoxy groups -OCH3 is 1. The van der Waals surface area contributed by atoms with Gasteiger partial charge in [0.1, 0.15) is 4.90 Å². The Hall–Kier alpha value is -0.700. The van der Waals surface area contributed by atoms with Gasteiger partial charge in [0.25, 0.3) is 0 Å². The molecular weight excluding hydrogens is 351 g/mol. The molecule has 0 aliphatic heterocycles. The van der Waals surface area contributed by atoms with Crippen molar-refractivity contribution in [3.63, 3.8) is 0 Å². The lowest BCUT2D eigenvalue weighted by molar-refractivity contribution is 0.107. The van der Waals surface area contributed by atoms with E-state index >= 15 is 0 Å². The first-order valence-corrected chi connectivity index (χ1v) is 8.40. The van der Waals surface area contributed by atoms with E-state index < -0.39 is 20.7 Å². The summed E-state index contributed by atoms with van der Waals surface area (Å²) in [5.41, 5.74) is 5.75. The fourth-order valence-electron chi connectivity index (χ4n) is 2.32. The Morgan fingerprint density at radius 1 is 1.45 bits per heavy atom. The molecule has 0 spiro atoms. The fraction of sp³-hybridized carbons (Fsp3) is 0.500. The minimum absolute atomic E-state index is 0.0269. The number of benzene rings is 1. The lowest BCUT2D eigenvalue weighted by Gasteiger charge is -2.14. The molecule has 3 N–H and O–H groups in total. The van der Waals surface area contributed by atoms with Gasteiger partial charge in [-0.1, -0.05) is 0 Å². The predicted molar refractivity (Wildman–Crippen MR) is 77.3 cm³/mol. The molecule has 0 bridgehead atoms. The second kappa shape index (κ2) is 5.97. The molecule has 20 heavy (non-hydrogen) atoms. The van der Waals surface area contributed by atoms with Crippen molar-refractivity contribution in [1.29, 1.82) is 0 Å². The maximum absolute atomic E-state index is 13.9. The Kier molecular flexibility index (Phi) is 4.68. The normalized spacial score (nSPS) is 23.1. The van der Waals surface area contributed by atoms with Crippen molar-refractivity contribution in [1.82, 2.24) is 4.72 Å². The molecule has 1 aliphatic rings. The number of nitrogen functional groups attached to an aromatic ring is 1. The van der Waals surface area contributed by atoms with E-state index in [1.165, 1.54) is 6.07 Å². The predicted octanol–water partition coefficient (Wildman–Crippen LogP) is 2.02. The first-order valence-electron chi connectivity index (χ1n) is 6.13. The van der Waals surface area contributed by atoms with Crippen molar-refractivity contribution < 1.29 is 17.5 Å². The van der Waals surface area contributed by atoms with E-state index in [9.17, 15) is 12.8 Å². The van der Waals surface area contributed by atoms with E-state index in [1.807, 2.05) is 0 Å². The molecule has 1 fully saturated rings. The zero-order valence-electron chi connectivity index (χ0n) is 10.9. The minimum Gasteiger partial charge on any atom is -0.399 e. The number of nitrogens with two attached hydrogens (primary N) is 1. The molecule has 1 aliphatic carbocycles.